The Balaban J connectivity index is 2.42. The van der Waals surface area contributed by atoms with Crippen LogP contribution in [0.25, 0.3) is 6.08 Å². The highest BCUT2D eigenvalue weighted by Crippen LogP contribution is 2.24. The van der Waals surface area contributed by atoms with Crippen molar-refractivity contribution < 1.29 is 0 Å². The average molecular weight is 159 g/mol. The highest BCUT2D eigenvalue weighted by molar-refractivity contribution is 5.62. The molecule has 0 aliphatic heterocycles. The zero-order valence-electron chi connectivity index (χ0n) is 7.59. The summed E-state index contributed by atoms with van der Waals surface area (Å²) in [5.74, 6) is 0. The second kappa shape index (κ2) is 2.74. The van der Waals surface area contributed by atoms with Crippen LogP contribution in [0.2, 0.25) is 0 Å². The molecule has 0 fully saturated rings. The second-order valence-electron chi connectivity index (χ2n) is 3.40. The first-order valence-corrected chi connectivity index (χ1v) is 4.44. The van der Waals surface area contributed by atoms with Crippen molar-refractivity contribution in [1.29, 1.82) is 0 Å². The van der Waals surface area contributed by atoms with E-state index in [1.165, 1.54) is 22.4 Å². The molecule has 0 radical (unpaired) electrons. The summed E-state index contributed by atoms with van der Waals surface area (Å²) in [5, 5.41) is 0. The first-order chi connectivity index (χ1) is 5.79. The molecule has 0 spiro atoms. The minimum Gasteiger partial charge on any atom is -0.261 e. The zero-order chi connectivity index (χ0) is 8.55. The molecule has 0 aromatic carbocycles. The first kappa shape index (κ1) is 7.53. The molecule has 1 heteroatoms. The van der Waals surface area contributed by atoms with E-state index >= 15 is 0 Å². The van der Waals surface area contributed by atoms with Crippen LogP contribution in [-0.2, 0) is 12.8 Å². The number of aromatic nitrogens is 1. The first-order valence-electron chi connectivity index (χ1n) is 4.44. The lowest BCUT2D eigenvalue weighted by molar-refractivity contribution is 1.02. The summed E-state index contributed by atoms with van der Waals surface area (Å²) in [4.78, 5) is 4.36. The Bertz CT molecular complexity index is 337. The number of nitrogens with zero attached hydrogens (tertiary/aromatic N) is 1. The van der Waals surface area contributed by atoms with Crippen molar-refractivity contribution in [2.45, 2.75) is 26.7 Å². The van der Waals surface area contributed by atoms with Gasteiger partial charge in [-0.25, -0.2) is 0 Å². The second-order valence-corrected chi connectivity index (χ2v) is 3.40. The van der Waals surface area contributed by atoms with Crippen LogP contribution in [0.15, 0.2) is 17.8 Å². The SMILES string of the molecule is CCc1cc2c(cn1)C=C(C)C2. The third kappa shape index (κ3) is 1.15. The third-order valence-electron chi connectivity index (χ3n) is 2.31. The molecule has 1 aromatic heterocycles. The number of rotatable bonds is 1. The summed E-state index contributed by atoms with van der Waals surface area (Å²) in [6.45, 7) is 4.32. The molecule has 1 aromatic rings. The Hall–Kier alpha value is -1.11. The van der Waals surface area contributed by atoms with Gasteiger partial charge in [0.15, 0.2) is 0 Å². The van der Waals surface area contributed by atoms with Gasteiger partial charge in [-0.1, -0.05) is 18.6 Å². The fraction of sp³-hybridized carbons (Fsp3) is 0.364. The van der Waals surface area contributed by atoms with Gasteiger partial charge in [-0.2, -0.15) is 0 Å². The van der Waals surface area contributed by atoms with Crippen LogP contribution in [0.1, 0.15) is 30.7 Å². The standard InChI is InChI=1S/C11H13N/c1-3-11-6-9-4-8(2)5-10(9)7-12-11/h5-7H,3-4H2,1-2H3. The van der Waals surface area contributed by atoms with E-state index in [4.69, 9.17) is 0 Å². The van der Waals surface area contributed by atoms with Gasteiger partial charge >= 0.3 is 0 Å². The summed E-state index contributed by atoms with van der Waals surface area (Å²) in [6.07, 6.45) is 6.36. The van der Waals surface area contributed by atoms with Crippen LogP contribution in [0, 0.1) is 0 Å². The number of pyridine rings is 1. The van der Waals surface area contributed by atoms with E-state index in [0.717, 1.165) is 12.8 Å². The molecule has 0 N–H and O–H groups in total. The quantitative estimate of drug-likeness (QED) is 0.613. The van der Waals surface area contributed by atoms with E-state index < -0.39 is 0 Å². The predicted octanol–water partition coefficient (Wildman–Crippen LogP) is 2.60. The van der Waals surface area contributed by atoms with Crippen LogP contribution in [-0.4, -0.2) is 4.98 Å². The smallest absolute Gasteiger partial charge is 0.0404 e. The van der Waals surface area contributed by atoms with Gasteiger partial charge in [0, 0.05) is 11.9 Å². The molecule has 0 atom stereocenters. The molecule has 0 saturated carbocycles. The van der Waals surface area contributed by atoms with Gasteiger partial charge in [0.05, 0.1) is 0 Å². The molecule has 1 aliphatic rings. The molecule has 62 valence electrons. The number of hydrogen-bond donors (Lipinski definition) is 0. The number of fused-ring (bicyclic) bond motifs is 1. The predicted molar refractivity (Wildman–Crippen MR) is 51.0 cm³/mol. The highest BCUT2D eigenvalue weighted by Gasteiger charge is 2.09. The van der Waals surface area contributed by atoms with E-state index in [1.807, 2.05) is 6.20 Å². The molecule has 12 heavy (non-hydrogen) atoms. The fourth-order valence-corrected chi connectivity index (χ4v) is 1.65. The molecular weight excluding hydrogens is 146 g/mol. The van der Waals surface area contributed by atoms with Gasteiger partial charge in [0.25, 0.3) is 0 Å². The molecular formula is C11H13N. The summed E-state index contributed by atoms with van der Waals surface area (Å²) in [5.41, 5.74) is 5.40. The van der Waals surface area contributed by atoms with Gasteiger partial charge in [0.1, 0.15) is 0 Å². The van der Waals surface area contributed by atoms with Crippen molar-refractivity contribution in [3.8, 4) is 0 Å². The van der Waals surface area contributed by atoms with E-state index in [0.29, 0.717) is 0 Å². The van der Waals surface area contributed by atoms with E-state index in [2.05, 4.69) is 31.0 Å². The van der Waals surface area contributed by atoms with Gasteiger partial charge in [0.2, 0.25) is 0 Å². The minimum atomic E-state index is 1.03. The van der Waals surface area contributed by atoms with Crippen molar-refractivity contribution >= 4 is 6.08 Å². The van der Waals surface area contributed by atoms with E-state index in [9.17, 15) is 0 Å². The molecule has 0 saturated heterocycles. The zero-order valence-corrected chi connectivity index (χ0v) is 7.59. The van der Waals surface area contributed by atoms with Crippen LogP contribution in [0.4, 0.5) is 0 Å². The van der Waals surface area contributed by atoms with Crippen molar-refractivity contribution in [2.24, 2.45) is 0 Å². The maximum atomic E-state index is 4.36. The number of aryl methyl sites for hydroxylation is 1. The average Bonchev–Trinajstić information content (AvgIpc) is 2.43. The van der Waals surface area contributed by atoms with Crippen molar-refractivity contribution in [3.63, 3.8) is 0 Å². The summed E-state index contributed by atoms with van der Waals surface area (Å²) >= 11 is 0. The molecule has 1 nitrogen and oxygen atoms in total. The topological polar surface area (TPSA) is 12.9 Å². The van der Waals surface area contributed by atoms with Gasteiger partial charge in [-0.15, -0.1) is 0 Å². The number of hydrogen-bond acceptors (Lipinski definition) is 1. The van der Waals surface area contributed by atoms with Crippen LogP contribution < -0.4 is 0 Å². The summed E-state index contributed by atoms with van der Waals surface area (Å²) in [6, 6.07) is 2.22. The minimum absolute atomic E-state index is 1.03. The lowest BCUT2D eigenvalue weighted by Crippen LogP contribution is -1.90. The highest BCUT2D eigenvalue weighted by atomic mass is 14.7. The molecule has 0 amide bonds. The maximum Gasteiger partial charge on any atom is 0.0404 e. The third-order valence-corrected chi connectivity index (χ3v) is 2.31. The van der Waals surface area contributed by atoms with E-state index in [1.54, 1.807) is 0 Å². The van der Waals surface area contributed by atoms with Crippen molar-refractivity contribution in [3.05, 3.63) is 34.7 Å². The molecule has 0 bridgehead atoms. The van der Waals surface area contributed by atoms with E-state index in [-0.39, 0.29) is 0 Å². The Morgan fingerprint density at radius 3 is 3.08 bits per heavy atom. The molecule has 1 heterocycles. The summed E-state index contributed by atoms with van der Waals surface area (Å²) < 4.78 is 0. The lowest BCUT2D eigenvalue weighted by atomic mass is 10.1. The Morgan fingerprint density at radius 2 is 2.33 bits per heavy atom. The monoisotopic (exact) mass is 159 g/mol. The fourth-order valence-electron chi connectivity index (χ4n) is 1.65. The molecule has 1 aliphatic carbocycles. The van der Waals surface area contributed by atoms with Gasteiger partial charge < -0.3 is 0 Å². The molecule has 0 unspecified atom stereocenters. The largest absolute Gasteiger partial charge is 0.261 e. The van der Waals surface area contributed by atoms with Gasteiger partial charge in [-0.05, 0) is 37.0 Å². The van der Waals surface area contributed by atoms with Crippen molar-refractivity contribution in [2.75, 3.05) is 0 Å². The summed E-state index contributed by atoms with van der Waals surface area (Å²) in [7, 11) is 0. The number of allylic oxidation sites excluding steroid dienone is 1. The Kier molecular flexibility index (Phi) is 1.72. The maximum absolute atomic E-state index is 4.36. The van der Waals surface area contributed by atoms with Crippen LogP contribution in [0.3, 0.4) is 0 Å². The Morgan fingerprint density at radius 1 is 1.50 bits per heavy atom. The Labute approximate surface area is 73.1 Å². The lowest BCUT2D eigenvalue weighted by Gasteiger charge is -2.00. The van der Waals surface area contributed by atoms with Gasteiger partial charge in [-0.3, -0.25) is 4.98 Å². The van der Waals surface area contributed by atoms with Crippen LogP contribution >= 0.6 is 0 Å². The van der Waals surface area contributed by atoms with Crippen molar-refractivity contribution in [1.82, 2.24) is 4.98 Å². The van der Waals surface area contributed by atoms with Crippen LogP contribution in [0.5, 0.6) is 0 Å². The normalized spacial score (nSPS) is 14.3. The molecule has 2 rings (SSSR count).